The van der Waals surface area contributed by atoms with Crippen LogP contribution < -0.4 is 10.6 Å². The van der Waals surface area contributed by atoms with E-state index in [1.54, 1.807) is 24.3 Å². The lowest BCUT2D eigenvalue weighted by Gasteiger charge is -2.40. The number of ketones is 1. The number of carbonyl (C=O) groups excluding carboxylic acids is 3. The molecule has 3 aliphatic carbocycles. The third-order valence-corrected chi connectivity index (χ3v) is 8.29. The SMILES string of the molecule is CC1(C)C2CCC1(C)C(C1=CC=C(NC(=O)NC(=O)c3ccccc3Cl)C(=O)C1)C2. The molecule has 3 unspecified atom stereocenters. The maximum Gasteiger partial charge on any atom is 0.326 e. The largest absolute Gasteiger partial charge is 0.326 e. The van der Waals surface area contributed by atoms with E-state index in [1.165, 1.54) is 18.9 Å². The molecule has 3 amide bonds. The minimum absolute atomic E-state index is 0.128. The molecule has 2 fully saturated rings. The van der Waals surface area contributed by atoms with Crippen molar-refractivity contribution in [1.82, 2.24) is 10.6 Å². The topological polar surface area (TPSA) is 75.3 Å². The second-order valence-corrected chi connectivity index (χ2v) is 9.88. The fourth-order valence-electron chi connectivity index (χ4n) is 5.71. The first-order chi connectivity index (χ1) is 14.1. The Morgan fingerprint density at radius 1 is 1.13 bits per heavy atom. The number of fused-ring (bicyclic) bond motifs is 2. The van der Waals surface area contributed by atoms with Crippen molar-refractivity contribution >= 4 is 29.3 Å². The summed E-state index contributed by atoms with van der Waals surface area (Å²) in [6.45, 7) is 7.08. The van der Waals surface area contributed by atoms with Crippen LogP contribution in [0.1, 0.15) is 56.8 Å². The number of Topliss-reactive ketones (excluding diaryl/α,β-unsaturated/α-hetero) is 1. The smallest absolute Gasteiger partial charge is 0.304 e. The van der Waals surface area contributed by atoms with Crippen LogP contribution in [0.2, 0.25) is 5.02 Å². The minimum atomic E-state index is -0.746. The van der Waals surface area contributed by atoms with Crippen LogP contribution in [0.3, 0.4) is 0 Å². The van der Waals surface area contributed by atoms with Crippen LogP contribution in [0.5, 0.6) is 0 Å². The summed E-state index contributed by atoms with van der Waals surface area (Å²) < 4.78 is 0. The molecule has 0 aromatic heterocycles. The Morgan fingerprint density at radius 3 is 2.47 bits per heavy atom. The molecule has 0 spiro atoms. The summed E-state index contributed by atoms with van der Waals surface area (Å²) in [5.74, 6) is 0.365. The summed E-state index contributed by atoms with van der Waals surface area (Å²) in [6.07, 6.45) is 7.56. The van der Waals surface area contributed by atoms with Gasteiger partial charge < -0.3 is 5.32 Å². The van der Waals surface area contributed by atoms with Gasteiger partial charge in [-0.05, 0) is 60.1 Å². The van der Waals surface area contributed by atoms with Gasteiger partial charge >= 0.3 is 6.03 Å². The average Bonchev–Trinajstić information content (AvgIpc) is 3.03. The second-order valence-electron chi connectivity index (χ2n) is 9.47. The normalized spacial score (nSPS) is 29.3. The highest BCUT2D eigenvalue weighted by Gasteiger charge is 2.61. The first-order valence-corrected chi connectivity index (χ1v) is 10.8. The van der Waals surface area contributed by atoms with Crippen molar-refractivity contribution in [2.45, 2.75) is 46.5 Å². The molecule has 0 heterocycles. The summed E-state index contributed by atoms with van der Waals surface area (Å²) in [6, 6.07) is 5.72. The van der Waals surface area contributed by atoms with E-state index < -0.39 is 11.9 Å². The number of allylic oxidation sites excluding steroid dienone is 4. The maximum absolute atomic E-state index is 12.7. The number of hydrogen-bond donors (Lipinski definition) is 2. The fraction of sp³-hybridized carbons (Fsp3) is 0.458. The molecule has 0 saturated heterocycles. The van der Waals surface area contributed by atoms with Gasteiger partial charge in [-0.3, -0.25) is 14.9 Å². The first kappa shape index (κ1) is 20.9. The molecular formula is C24H27ClN2O3. The molecule has 3 aliphatic rings. The second kappa shape index (κ2) is 7.38. The molecule has 3 atom stereocenters. The quantitative estimate of drug-likeness (QED) is 0.712. The summed E-state index contributed by atoms with van der Waals surface area (Å²) >= 11 is 5.99. The van der Waals surface area contributed by atoms with Crippen LogP contribution in [0, 0.1) is 22.7 Å². The van der Waals surface area contributed by atoms with Crippen molar-refractivity contribution in [2.24, 2.45) is 22.7 Å². The number of halogens is 1. The molecule has 6 heteroatoms. The van der Waals surface area contributed by atoms with Crippen molar-refractivity contribution in [3.63, 3.8) is 0 Å². The molecule has 158 valence electrons. The van der Waals surface area contributed by atoms with Gasteiger partial charge in [-0.25, -0.2) is 4.79 Å². The van der Waals surface area contributed by atoms with E-state index in [4.69, 9.17) is 11.6 Å². The molecule has 2 bridgehead atoms. The molecule has 2 N–H and O–H groups in total. The van der Waals surface area contributed by atoms with E-state index in [0.717, 1.165) is 12.0 Å². The number of amides is 3. The highest BCUT2D eigenvalue weighted by atomic mass is 35.5. The molecule has 5 nitrogen and oxygen atoms in total. The van der Waals surface area contributed by atoms with Crippen LogP contribution in [-0.4, -0.2) is 17.7 Å². The minimum Gasteiger partial charge on any atom is -0.304 e. The van der Waals surface area contributed by atoms with Gasteiger partial charge in [0.05, 0.1) is 16.3 Å². The molecule has 4 rings (SSSR count). The van der Waals surface area contributed by atoms with Gasteiger partial charge in [0.2, 0.25) is 0 Å². The zero-order valence-corrected chi connectivity index (χ0v) is 18.3. The molecule has 30 heavy (non-hydrogen) atoms. The Hall–Kier alpha value is -2.40. The zero-order valence-electron chi connectivity index (χ0n) is 17.5. The number of nitrogens with one attached hydrogen (secondary N) is 2. The van der Waals surface area contributed by atoms with Gasteiger partial charge in [0.25, 0.3) is 5.91 Å². The summed E-state index contributed by atoms with van der Waals surface area (Å²) in [7, 11) is 0. The van der Waals surface area contributed by atoms with Gasteiger partial charge in [-0.2, -0.15) is 0 Å². The van der Waals surface area contributed by atoms with Crippen LogP contribution >= 0.6 is 11.6 Å². The van der Waals surface area contributed by atoms with Crippen LogP contribution in [0.15, 0.2) is 47.7 Å². The molecule has 0 radical (unpaired) electrons. The molecule has 1 aromatic carbocycles. The predicted molar refractivity (Wildman–Crippen MR) is 116 cm³/mol. The number of benzene rings is 1. The van der Waals surface area contributed by atoms with Crippen molar-refractivity contribution in [3.05, 3.63) is 58.3 Å². The van der Waals surface area contributed by atoms with Crippen LogP contribution in [0.25, 0.3) is 0 Å². The van der Waals surface area contributed by atoms with Gasteiger partial charge in [0.1, 0.15) is 0 Å². The average molecular weight is 427 g/mol. The Bertz CT molecular complexity index is 994. The summed E-state index contributed by atoms with van der Waals surface area (Å²) in [4.78, 5) is 37.2. The van der Waals surface area contributed by atoms with Crippen molar-refractivity contribution in [2.75, 3.05) is 0 Å². The van der Waals surface area contributed by atoms with E-state index in [1.807, 2.05) is 6.08 Å². The van der Waals surface area contributed by atoms with Gasteiger partial charge in [-0.1, -0.05) is 56.2 Å². The number of imide groups is 1. The third kappa shape index (κ3) is 3.29. The lowest BCUT2D eigenvalue weighted by molar-refractivity contribution is -0.115. The standard InChI is InChI=1S/C24H27ClN2O3/c1-23(2)15-10-11-24(23,3)17(13-15)14-8-9-19(20(28)12-14)26-22(30)27-21(29)16-6-4-5-7-18(16)25/h4-9,15,17H,10-13H2,1-3H3,(H2,26,27,29,30). The molecular weight excluding hydrogens is 400 g/mol. The van der Waals surface area contributed by atoms with Crippen molar-refractivity contribution in [3.8, 4) is 0 Å². The van der Waals surface area contributed by atoms with E-state index in [0.29, 0.717) is 18.3 Å². The Kier molecular flexibility index (Phi) is 5.13. The lowest BCUT2D eigenvalue weighted by Crippen LogP contribution is -2.41. The Morgan fingerprint density at radius 2 is 1.87 bits per heavy atom. The Labute approximate surface area is 181 Å². The van der Waals surface area contributed by atoms with Gasteiger partial charge in [-0.15, -0.1) is 0 Å². The third-order valence-electron chi connectivity index (χ3n) is 7.96. The maximum atomic E-state index is 12.7. The highest BCUT2D eigenvalue weighted by molar-refractivity contribution is 6.34. The lowest BCUT2D eigenvalue weighted by atomic mass is 9.64. The number of hydrogen-bond acceptors (Lipinski definition) is 3. The van der Waals surface area contributed by atoms with Crippen LogP contribution in [-0.2, 0) is 4.79 Å². The molecule has 2 saturated carbocycles. The number of urea groups is 1. The predicted octanol–water partition coefficient (Wildman–Crippen LogP) is 5.02. The van der Waals surface area contributed by atoms with E-state index >= 15 is 0 Å². The fourth-order valence-corrected chi connectivity index (χ4v) is 5.93. The monoisotopic (exact) mass is 426 g/mol. The summed E-state index contributed by atoms with van der Waals surface area (Å²) in [5, 5.41) is 4.99. The number of rotatable bonds is 3. The van der Waals surface area contributed by atoms with E-state index in [-0.39, 0.29) is 32.9 Å². The molecule has 1 aromatic rings. The highest BCUT2D eigenvalue weighted by Crippen LogP contribution is 2.69. The molecule has 0 aliphatic heterocycles. The van der Waals surface area contributed by atoms with Crippen LogP contribution in [0.4, 0.5) is 4.79 Å². The Balaban J connectivity index is 1.44. The summed E-state index contributed by atoms with van der Waals surface area (Å²) in [5.41, 5.74) is 2.06. The van der Waals surface area contributed by atoms with Crippen molar-refractivity contribution < 1.29 is 14.4 Å². The number of carbonyl (C=O) groups is 3. The van der Waals surface area contributed by atoms with E-state index in [2.05, 4.69) is 31.4 Å². The first-order valence-electron chi connectivity index (χ1n) is 10.4. The van der Waals surface area contributed by atoms with Gasteiger partial charge in [0.15, 0.2) is 5.78 Å². The van der Waals surface area contributed by atoms with Gasteiger partial charge in [0, 0.05) is 6.42 Å². The van der Waals surface area contributed by atoms with E-state index in [9.17, 15) is 14.4 Å². The van der Waals surface area contributed by atoms with Crippen molar-refractivity contribution in [1.29, 1.82) is 0 Å². The zero-order chi connectivity index (χ0) is 21.7.